The first kappa shape index (κ1) is 26.1. The van der Waals surface area contributed by atoms with Gasteiger partial charge in [-0.15, -0.1) is 5.10 Å². The molecule has 0 radical (unpaired) electrons. The Bertz CT molecular complexity index is 1480. The molecule has 3 aromatic heterocycles. The molecule has 38 heavy (non-hydrogen) atoms. The maximum Gasteiger partial charge on any atom is 0.263 e. The van der Waals surface area contributed by atoms with Gasteiger partial charge in [0.15, 0.2) is 0 Å². The second kappa shape index (κ2) is 9.68. The minimum Gasteiger partial charge on any atom is -0.373 e. The minimum absolute atomic E-state index is 0.0120. The first-order valence-corrected chi connectivity index (χ1v) is 12.6. The van der Waals surface area contributed by atoms with E-state index in [2.05, 4.69) is 56.7 Å². The maximum absolute atomic E-state index is 13.8. The predicted molar refractivity (Wildman–Crippen MR) is 140 cm³/mol. The Kier molecular flexibility index (Phi) is 6.66. The molecule has 0 bridgehead atoms. The third-order valence-electron chi connectivity index (χ3n) is 6.62. The number of halogens is 4. The average molecular weight is 545 g/mol. The summed E-state index contributed by atoms with van der Waals surface area (Å²) in [5.74, 6) is 0.00829. The SMILES string of the molecule is Cc1nc(F)ccc1[C@H](Nc1cc(Cl)c2ncnc(NCC(C)(C)C)c2c1)c1cn(C2(C(F)F)CC2)nn1. The number of nitrogens with one attached hydrogen (secondary N) is 2. The molecule has 4 aromatic rings. The van der Waals surface area contributed by atoms with Crippen molar-refractivity contribution in [3.05, 3.63) is 64.7 Å². The smallest absolute Gasteiger partial charge is 0.263 e. The summed E-state index contributed by atoms with van der Waals surface area (Å²) in [6, 6.07) is 5.75. The third-order valence-corrected chi connectivity index (χ3v) is 6.91. The summed E-state index contributed by atoms with van der Waals surface area (Å²) in [5.41, 5.74) is 1.30. The fourth-order valence-corrected chi connectivity index (χ4v) is 4.59. The van der Waals surface area contributed by atoms with Crippen LogP contribution in [0.25, 0.3) is 10.9 Å². The van der Waals surface area contributed by atoms with E-state index < -0.39 is 24.0 Å². The number of rotatable bonds is 8. The number of alkyl halides is 2. The molecule has 1 saturated carbocycles. The van der Waals surface area contributed by atoms with Crippen molar-refractivity contribution in [2.24, 2.45) is 5.41 Å². The molecule has 1 aliphatic carbocycles. The average Bonchev–Trinajstić information content (AvgIpc) is 3.52. The zero-order chi connectivity index (χ0) is 27.2. The van der Waals surface area contributed by atoms with Crippen LogP contribution in [0.3, 0.4) is 0 Å². The number of benzene rings is 1. The van der Waals surface area contributed by atoms with Crippen LogP contribution in [0.5, 0.6) is 0 Å². The third kappa shape index (κ3) is 5.11. The lowest BCUT2D eigenvalue weighted by molar-refractivity contribution is 0.0593. The van der Waals surface area contributed by atoms with E-state index in [9.17, 15) is 13.2 Å². The maximum atomic E-state index is 13.8. The van der Waals surface area contributed by atoms with Gasteiger partial charge in [-0.05, 0) is 43.4 Å². The largest absolute Gasteiger partial charge is 0.373 e. The molecule has 0 unspecified atom stereocenters. The number of fused-ring (bicyclic) bond motifs is 1. The van der Waals surface area contributed by atoms with E-state index in [1.807, 2.05) is 6.07 Å². The van der Waals surface area contributed by atoms with Crippen molar-refractivity contribution in [3.8, 4) is 0 Å². The molecule has 200 valence electrons. The standard InChI is InChI=1S/C26H28ClF3N8/c1-14-16(5-6-20(28)34-14)22(19-11-38(37-36-19)26(7-8-26)24(29)30)35-15-9-17-21(18(27)10-15)32-13-33-23(17)31-12-25(2,3)4/h5-6,9-11,13,22,24,35H,7-8,12H2,1-4H3,(H,31,32,33)/t22-/m0/s1. The molecule has 12 heteroatoms. The number of aromatic nitrogens is 6. The molecule has 1 atom stereocenters. The van der Waals surface area contributed by atoms with Gasteiger partial charge in [0.1, 0.15) is 23.4 Å². The predicted octanol–water partition coefficient (Wildman–Crippen LogP) is 6.13. The van der Waals surface area contributed by atoms with Crippen LogP contribution < -0.4 is 10.6 Å². The monoisotopic (exact) mass is 544 g/mol. The number of nitrogens with zero attached hydrogens (tertiary/aromatic N) is 6. The fourth-order valence-electron chi connectivity index (χ4n) is 4.32. The van der Waals surface area contributed by atoms with E-state index in [4.69, 9.17) is 11.6 Å². The van der Waals surface area contributed by atoms with Crippen LogP contribution in [0.2, 0.25) is 5.02 Å². The molecule has 0 aliphatic heterocycles. The first-order valence-electron chi connectivity index (χ1n) is 12.3. The van der Waals surface area contributed by atoms with Crippen molar-refractivity contribution in [3.63, 3.8) is 0 Å². The van der Waals surface area contributed by atoms with Crippen molar-refractivity contribution in [2.75, 3.05) is 17.2 Å². The van der Waals surface area contributed by atoms with E-state index in [1.165, 1.54) is 23.3 Å². The highest BCUT2D eigenvalue weighted by molar-refractivity contribution is 6.35. The van der Waals surface area contributed by atoms with E-state index in [0.717, 1.165) is 0 Å². The molecule has 1 aliphatic rings. The van der Waals surface area contributed by atoms with E-state index in [1.54, 1.807) is 19.1 Å². The number of pyridine rings is 1. The molecule has 5 rings (SSSR count). The summed E-state index contributed by atoms with van der Waals surface area (Å²) in [6.07, 6.45) is 1.07. The van der Waals surface area contributed by atoms with E-state index >= 15 is 0 Å². The molecule has 0 saturated heterocycles. The van der Waals surface area contributed by atoms with Crippen LogP contribution in [0.15, 0.2) is 36.8 Å². The van der Waals surface area contributed by atoms with Gasteiger partial charge in [-0.3, -0.25) is 0 Å². The van der Waals surface area contributed by atoms with Gasteiger partial charge in [0.25, 0.3) is 6.43 Å². The summed E-state index contributed by atoms with van der Waals surface area (Å²) in [7, 11) is 0. The Balaban J connectivity index is 1.56. The quantitative estimate of drug-likeness (QED) is 0.258. The van der Waals surface area contributed by atoms with Crippen LogP contribution in [-0.4, -0.2) is 42.9 Å². The normalized spacial score (nSPS) is 15.6. The van der Waals surface area contributed by atoms with Gasteiger partial charge in [0.05, 0.1) is 22.8 Å². The van der Waals surface area contributed by atoms with Crippen LogP contribution >= 0.6 is 11.6 Å². The lowest BCUT2D eigenvalue weighted by Crippen LogP contribution is -2.26. The Morgan fingerprint density at radius 1 is 1.16 bits per heavy atom. The molecular weight excluding hydrogens is 517 g/mol. The number of hydrogen-bond acceptors (Lipinski definition) is 7. The molecular formula is C26H28ClF3N8. The molecule has 3 heterocycles. The zero-order valence-electron chi connectivity index (χ0n) is 21.4. The lowest BCUT2D eigenvalue weighted by Gasteiger charge is -2.22. The summed E-state index contributed by atoms with van der Waals surface area (Å²) in [4.78, 5) is 12.7. The van der Waals surface area contributed by atoms with Gasteiger partial charge in [0, 0.05) is 28.9 Å². The Morgan fingerprint density at radius 3 is 2.58 bits per heavy atom. The van der Waals surface area contributed by atoms with Gasteiger partial charge in [0.2, 0.25) is 5.95 Å². The topological polar surface area (TPSA) is 93.4 Å². The summed E-state index contributed by atoms with van der Waals surface area (Å²) >= 11 is 6.62. The number of anilines is 2. The van der Waals surface area contributed by atoms with Crippen molar-refractivity contribution in [2.45, 2.75) is 58.5 Å². The second-order valence-corrected chi connectivity index (χ2v) is 11.3. The van der Waals surface area contributed by atoms with Crippen LogP contribution in [0.4, 0.5) is 24.7 Å². The van der Waals surface area contributed by atoms with Crippen molar-refractivity contribution < 1.29 is 13.2 Å². The second-order valence-electron chi connectivity index (χ2n) is 10.9. The fraction of sp³-hybridized carbons (Fsp3) is 0.423. The highest BCUT2D eigenvalue weighted by Crippen LogP contribution is 2.48. The molecule has 0 amide bonds. The van der Waals surface area contributed by atoms with Crippen molar-refractivity contribution >= 4 is 34.0 Å². The zero-order valence-corrected chi connectivity index (χ0v) is 22.2. The summed E-state index contributed by atoms with van der Waals surface area (Å²) < 4.78 is 42.5. The van der Waals surface area contributed by atoms with Crippen LogP contribution in [0.1, 0.15) is 56.6 Å². The Morgan fingerprint density at radius 2 is 1.92 bits per heavy atom. The van der Waals surface area contributed by atoms with Gasteiger partial charge in [-0.25, -0.2) is 28.4 Å². The van der Waals surface area contributed by atoms with Gasteiger partial charge in [-0.1, -0.05) is 43.7 Å². The minimum atomic E-state index is -2.56. The highest BCUT2D eigenvalue weighted by Gasteiger charge is 2.54. The lowest BCUT2D eigenvalue weighted by atomic mass is 9.97. The van der Waals surface area contributed by atoms with E-state index in [0.29, 0.717) is 63.8 Å². The van der Waals surface area contributed by atoms with Gasteiger partial charge >= 0.3 is 0 Å². The van der Waals surface area contributed by atoms with Crippen LogP contribution in [-0.2, 0) is 5.54 Å². The van der Waals surface area contributed by atoms with Crippen molar-refractivity contribution in [1.82, 2.24) is 29.9 Å². The van der Waals surface area contributed by atoms with Gasteiger partial charge in [-0.2, -0.15) is 4.39 Å². The molecule has 0 spiro atoms. The highest BCUT2D eigenvalue weighted by atomic mass is 35.5. The van der Waals surface area contributed by atoms with Crippen molar-refractivity contribution in [1.29, 1.82) is 0 Å². The van der Waals surface area contributed by atoms with Gasteiger partial charge < -0.3 is 10.6 Å². The number of aryl methyl sites for hydroxylation is 1. The first-order chi connectivity index (χ1) is 18.0. The van der Waals surface area contributed by atoms with E-state index in [-0.39, 0.29) is 5.41 Å². The molecule has 2 N–H and O–H groups in total. The number of hydrogen-bond donors (Lipinski definition) is 2. The summed E-state index contributed by atoms with van der Waals surface area (Å²) in [6.45, 7) is 8.68. The molecule has 1 aromatic carbocycles. The Labute approximate surface area is 223 Å². The van der Waals surface area contributed by atoms with Crippen LogP contribution in [0, 0.1) is 18.3 Å². The molecule has 1 fully saturated rings. The Hall–Kier alpha value is -3.47. The summed E-state index contributed by atoms with van der Waals surface area (Å²) in [5, 5.41) is 16.1. The molecule has 8 nitrogen and oxygen atoms in total.